The van der Waals surface area contributed by atoms with Gasteiger partial charge in [-0.2, -0.15) is 0 Å². The van der Waals surface area contributed by atoms with E-state index < -0.39 is 0 Å². The zero-order valence-electron chi connectivity index (χ0n) is 12.3. The minimum atomic E-state index is -0.0313. The second-order valence-corrected chi connectivity index (χ2v) is 6.11. The average Bonchev–Trinajstić information content (AvgIpc) is 2.75. The number of hydrogen-bond acceptors (Lipinski definition) is 4. The number of nitrogens with two attached hydrogens (primary N) is 1. The highest BCUT2D eigenvalue weighted by molar-refractivity contribution is 5.81. The summed E-state index contributed by atoms with van der Waals surface area (Å²) in [5.74, 6) is 2.62. The fourth-order valence-corrected chi connectivity index (χ4v) is 2.59. The molecule has 0 amide bonds. The van der Waals surface area contributed by atoms with Crippen LogP contribution in [-0.2, 0) is 12.0 Å². The molecule has 2 heterocycles. The Labute approximate surface area is 118 Å². The first kappa shape index (κ1) is 13.2. The third-order valence-corrected chi connectivity index (χ3v) is 3.44. The van der Waals surface area contributed by atoms with Gasteiger partial charge in [0.1, 0.15) is 19.0 Å². The Morgan fingerprint density at radius 1 is 1.20 bits per heavy atom. The third kappa shape index (κ3) is 2.12. The van der Waals surface area contributed by atoms with Crippen molar-refractivity contribution in [1.29, 1.82) is 0 Å². The molecule has 5 heteroatoms. The van der Waals surface area contributed by atoms with Crippen LogP contribution in [-0.4, -0.2) is 29.3 Å². The van der Waals surface area contributed by atoms with Gasteiger partial charge in [0.25, 0.3) is 0 Å². The first-order valence-corrected chi connectivity index (χ1v) is 7.01. The van der Waals surface area contributed by atoms with E-state index in [-0.39, 0.29) is 5.41 Å². The Morgan fingerprint density at radius 2 is 1.85 bits per heavy atom. The van der Waals surface area contributed by atoms with Crippen molar-refractivity contribution in [2.75, 3.05) is 19.8 Å². The lowest BCUT2D eigenvalue weighted by atomic mass is 9.95. The number of ether oxygens (including phenoxy) is 2. The van der Waals surface area contributed by atoms with Crippen molar-refractivity contribution in [3.05, 3.63) is 18.0 Å². The first-order chi connectivity index (χ1) is 9.50. The van der Waals surface area contributed by atoms with Crippen molar-refractivity contribution >= 4 is 11.0 Å². The highest BCUT2D eigenvalue weighted by atomic mass is 16.6. The summed E-state index contributed by atoms with van der Waals surface area (Å²) in [6.45, 7) is 9.01. The SMILES string of the molecule is CC(C)(C)c1nc2cc3c(cc2n1CCN)OCCO3. The van der Waals surface area contributed by atoms with E-state index in [0.29, 0.717) is 19.8 Å². The summed E-state index contributed by atoms with van der Waals surface area (Å²) in [7, 11) is 0. The summed E-state index contributed by atoms with van der Waals surface area (Å²) < 4.78 is 13.5. The molecule has 0 radical (unpaired) electrons. The molecule has 0 bridgehead atoms. The van der Waals surface area contributed by atoms with Crippen LogP contribution in [0.2, 0.25) is 0 Å². The van der Waals surface area contributed by atoms with E-state index in [1.54, 1.807) is 0 Å². The second-order valence-electron chi connectivity index (χ2n) is 6.11. The molecule has 0 aliphatic carbocycles. The molecular weight excluding hydrogens is 254 g/mol. The zero-order valence-corrected chi connectivity index (χ0v) is 12.3. The molecule has 0 unspecified atom stereocenters. The van der Waals surface area contributed by atoms with Gasteiger partial charge in [-0.25, -0.2) is 4.98 Å². The van der Waals surface area contributed by atoms with E-state index in [9.17, 15) is 0 Å². The van der Waals surface area contributed by atoms with Crippen molar-refractivity contribution in [2.24, 2.45) is 5.73 Å². The normalized spacial score (nSPS) is 14.8. The van der Waals surface area contributed by atoms with E-state index in [0.717, 1.165) is 34.9 Å². The summed E-state index contributed by atoms with van der Waals surface area (Å²) in [6.07, 6.45) is 0. The summed E-state index contributed by atoms with van der Waals surface area (Å²) >= 11 is 0. The maximum Gasteiger partial charge on any atom is 0.163 e. The van der Waals surface area contributed by atoms with Crippen LogP contribution >= 0.6 is 0 Å². The molecule has 1 aliphatic heterocycles. The van der Waals surface area contributed by atoms with Crippen molar-refractivity contribution < 1.29 is 9.47 Å². The molecule has 1 aliphatic rings. The van der Waals surface area contributed by atoms with E-state index in [2.05, 4.69) is 25.3 Å². The van der Waals surface area contributed by atoms with Crippen LogP contribution in [0, 0.1) is 0 Å². The summed E-state index contributed by atoms with van der Waals surface area (Å²) in [4.78, 5) is 4.78. The standard InChI is InChI=1S/C15H21N3O2/c1-15(2,3)14-17-10-8-12-13(20-7-6-19-12)9-11(10)18(14)5-4-16/h8-9H,4-7,16H2,1-3H3. The Bertz CT molecular complexity index is 641. The third-order valence-electron chi connectivity index (χ3n) is 3.44. The Hall–Kier alpha value is -1.75. The Kier molecular flexibility index (Phi) is 3.09. The summed E-state index contributed by atoms with van der Waals surface area (Å²) in [5.41, 5.74) is 7.72. The van der Waals surface area contributed by atoms with E-state index in [1.807, 2.05) is 12.1 Å². The molecule has 5 nitrogen and oxygen atoms in total. The van der Waals surface area contributed by atoms with E-state index in [1.165, 1.54) is 0 Å². The smallest absolute Gasteiger partial charge is 0.163 e. The van der Waals surface area contributed by atoms with Gasteiger partial charge in [-0.15, -0.1) is 0 Å². The number of imidazole rings is 1. The van der Waals surface area contributed by atoms with Gasteiger partial charge >= 0.3 is 0 Å². The van der Waals surface area contributed by atoms with Crippen LogP contribution < -0.4 is 15.2 Å². The molecule has 1 aromatic heterocycles. The second kappa shape index (κ2) is 4.66. The van der Waals surface area contributed by atoms with Gasteiger partial charge in [0.05, 0.1) is 11.0 Å². The fourth-order valence-electron chi connectivity index (χ4n) is 2.59. The molecule has 0 spiro atoms. The number of hydrogen-bond donors (Lipinski definition) is 1. The largest absolute Gasteiger partial charge is 0.486 e. The van der Waals surface area contributed by atoms with Gasteiger partial charge in [-0.3, -0.25) is 0 Å². The van der Waals surface area contributed by atoms with Crippen LogP contribution in [0.25, 0.3) is 11.0 Å². The lowest BCUT2D eigenvalue weighted by molar-refractivity contribution is 0.172. The van der Waals surface area contributed by atoms with Crippen LogP contribution in [0.3, 0.4) is 0 Å². The van der Waals surface area contributed by atoms with E-state index in [4.69, 9.17) is 20.2 Å². The Morgan fingerprint density at radius 3 is 2.45 bits per heavy atom. The van der Waals surface area contributed by atoms with Crippen molar-refractivity contribution in [2.45, 2.75) is 32.7 Å². The van der Waals surface area contributed by atoms with Gasteiger partial charge in [0, 0.05) is 30.6 Å². The van der Waals surface area contributed by atoms with Gasteiger partial charge in [-0.1, -0.05) is 20.8 Å². The average molecular weight is 275 g/mol. The van der Waals surface area contributed by atoms with Crippen molar-refractivity contribution in [3.8, 4) is 11.5 Å². The van der Waals surface area contributed by atoms with Crippen LogP contribution in [0.15, 0.2) is 12.1 Å². The Balaban J connectivity index is 2.23. The predicted octanol–water partition coefficient (Wildman–Crippen LogP) is 2.06. The lowest BCUT2D eigenvalue weighted by Gasteiger charge is -2.20. The molecule has 2 N–H and O–H groups in total. The zero-order chi connectivity index (χ0) is 14.3. The van der Waals surface area contributed by atoms with Crippen LogP contribution in [0.5, 0.6) is 11.5 Å². The quantitative estimate of drug-likeness (QED) is 0.911. The summed E-state index contributed by atoms with van der Waals surface area (Å²) in [6, 6.07) is 3.98. The molecule has 1 aromatic carbocycles. The fraction of sp³-hybridized carbons (Fsp3) is 0.533. The van der Waals surface area contributed by atoms with Crippen molar-refractivity contribution in [3.63, 3.8) is 0 Å². The molecule has 20 heavy (non-hydrogen) atoms. The highest BCUT2D eigenvalue weighted by Crippen LogP contribution is 2.36. The van der Waals surface area contributed by atoms with E-state index >= 15 is 0 Å². The molecule has 0 saturated carbocycles. The van der Waals surface area contributed by atoms with Crippen LogP contribution in [0.1, 0.15) is 26.6 Å². The highest BCUT2D eigenvalue weighted by Gasteiger charge is 2.24. The maximum absolute atomic E-state index is 5.76. The van der Waals surface area contributed by atoms with Crippen LogP contribution in [0.4, 0.5) is 0 Å². The molecule has 108 valence electrons. The minimum absolute atomic E-state index is 0.0313. The predicted molar refractivity (Wildman–Crippen MR) is 78.5 cm³/mol. The molecule has 0 fully saturated rings. The molecule has 0 atom stereocenters. The number of rotatable bonds is 2. The first-order valence-electron chi connectivity index (χ1n) is 7.01. The number of nitrogens with zero attached hydrogens (tertiary/aromatic N) is 2. The van der Waals surface area contributed by atoms with Crippen molar-refractivity contribution in [1.82, 2.24) is 9.55 Å². The number of fused-ring (bicyclic) bond motifs is 2. The number of benzene rings is 1. The van der Waals surface area contributed by atoms with Gasteiger partial charge in [0.2, 0.25) is 0 Å². The van der Waals surface area contributed by atoms with Gasteiger partial charge in [-0.05, 0) is 0 Å². The molecule has 3 rings (SSSR count). The molecule has 0 saturated heterocycles. The number of aromatic nitrogens is 2. The summed E-state index contributed by atoms with van der Waals surface area (Å²) in [5, 5.41) is 0. The van der Waals surface area contributed by atoms with Gasteiger partial charge in [0.15, 0.2) is 11.5 Å². The molecular formula is C15H21N3O2. The maximum atomic E-state index is 5.76. The minimum Gasteiger partial charge on any atom is -0.486 e. The lowest BCUT2D eigenvalue weighted by Crippen LogP contribution is -2.21. The van der Waals surface area contributed by atoms with Gasteiger partial charge < -0.3 is 19.8 Å². The molecule has 2 aromatic rings. The monoisotopic (exact) mass is 275 g/mol. The topological polar surface area (TPSA) is 62.3 Å².